The molecule has 0 saturated heterocycles. The van der Waals surface area contributed by atoms with E-state index in [-0.39, 0.29) is 0 Å². The fourth-order valence-corrected chi connectivity index (χ4v) is 3.03. The summed E-state index contributed by atoms with van der Waals surface area (Å²) in [5.74, 6) is 0.825. The van der Waals surface area contributed by atoms with Crippen molar-refractivity contribution < 1.29 is 4.74 Å². The number of methoxy groups -OCH3 is 1. The summed E-state index contributed by atoms with van der Waals surface area (Å²) in [5.41, 5.74) is 2.63. The minimum Gasteiger partial charge on any atom is -0.383 e. The van der Waals surface area contributed by atoms with Gasteiger partial charge in [-0.15, -0.1) is 0 Å². The maximum atomic E-state index is 5.25. The third kappa shape index (κ3) is 4.36. The third-order valence-corrected chi connectivity index (χ3v) is 4.31. The van der Waals surface area contributed by atoms with Crippen molar-refractivity contribution >= 4 is 22.7 Å². The Bertz CT molecular complexity index is 791. The first-order valence-corrected chi connectivity index (χ1v) is 9.01. The highest BCUT2D eigenvalue weighted by Crippen LogP contribution is 2.27. The predicted molar refractivity (Wildman–Crippen MR) is 104 cm³/mol. The van der Waals surface area contributed by atoms with Crippen LogP contribution in [0.15, 0.2) is 43.0 Å². The molecule has 1 N–H and O–H groups in total. The predicted octanol–water partition coefficient (Wildman–Crippen LogP) is 2.85. The molecule has 0 aliphatic carbocycles. The molecule has 0 unspecified atom stereocenters. The van der Waals surface area contributed by atoms with Crippen molar-refractivity contribution in [3.8, 4) is 0 Å². The second-order valence-corrected chi connectivity index (χ2v) is 6.12. The molecule has 26 heavy (non-hydrogen) atoms. The van der Waals surface area contributed by atoms with Gasteiger partial charge in [-0.25, -0.2) is 15.0 Å². The van der Waals surface area contributed by atoms with E-state index >= 15 is 0 Å². The highest BCUT2D eigenvalue weighted by atomic mass is 16.5. The molecule has 1 aromatic carbocycles. The summed E-state index contributed by atoms with van der Waals surface area (Å²) in [6.45, 7) is 6.64. The Kier molecular flexibility index (Phi) is 6.51. The van der Waals surface area contributed by atoms with Gasteiger partial charge in [0.25, 0.3) is 0 Å². The summed E-state index contributed by atoms with van der Waals surface area (Å²) in [6, 6.07) is 10.3. The molecule has 2 aromatic heterocycles. The molecule has 0 bridgehead atoms. The van der Waals surface area contributed by atoms with Gasteiger partial charge in [0, 0.05) is 32.4 Å². The summed E-state index contributed by atoms with van der Waals surface area (Å²) in [4.78, 5) is 20.9. The maximum Gasteiger partial charge on any atom is 0.164 e. The van der Waals surface area contributed by atoms with Crippen molar-refractivity contribution in [1.29, 1.82) is 0 Å². The third-order valence-electron chi connectivity index (χ3n) is 4.31. The zero-order valence-electron chi connectivity index (χ0n) is 15.4. The van der Waals surface area contributed by atoms with E-state index < -0.39 is 0 Å². The van der Waals surface area contributed by atoms with Crippen LogP contribution in [0.1, 0.15) is 13.3 Å². The smallest absolute Gasteiger partial charge is 0.164 e. The first-order chi connectivity index (χ1) is 12.8. The molecule has 3 rings (SSSR count). The van der Waals surface area contributed by atoms with E-state index in [1.54, 1.807) is 19.8 Å². The van der Waals surface area contributed by atoms with Gasteiger partial charge in [-0.2, -0.15) is 0 Å². The molecule has 0 atom stereocenters. The van der Waals surface area contributed by atoms with E-state index in [2.05, 4.69) is 48.8 Å². The van der Waals surface area contributed by atoms with Crippen molar-refractivity contribution in [3.63, 3.8) is 0 Å². The number of para-hydroxylation sites is 1. The maximum absolute atomic E-state index is 5.25. The van der Waals surface area contributed by atoms with Crippen molar-refractivity contribution in [2.45, 2.75) is 13.3 Å². The van der Waals surface area contributed by atoms with Gasteiger partial charge in [-0.1, -0.05) is 25.1 Å². The number of nitrogens with zero attached hydrogens (tertiary/aromatic N) is 5. The quantitative estimate of drug-likeness (QED) is 0.604. The summed E-state index contributed by atoms with van der Waals surface area (Å²) < 4.78 is 5.25. The van der Waals surface area contributed by atoms with Gasteiger partial charge in [-0.3, -0.25) is 4.90 Å². The van der Waals surface area contributed by atoms with Crippen LogP contribution in [-0.2, 0) is 4.74 Å². The zero-order valence-corrected chi connectivity index (χ0v) is 15.4. The van der Waals surface area contributed by atoms with Gasteiger partial charge in [0.1, 0.15) is 6.33 Å². The summed E-state index contributed by atoms with van der Waals surface area (Å²) in [7, 11) is 1.75. The summed E-state index contributed by atoms with van der Waals surface area (Å²) in [6.07, 6.45) is 4.36. The number of fused-ring (bicyclic) bond motifs is 1. The number of imidazole rings is 1. The fourth-order valence-electron chi connectivity index (χ4n) is 3.03. The van der Waals surface area contributed by atoms with Gasteiger partial charge >= 0.3 is 0 Å². The lowest BCUT2D eigenvalue weighted by Gasteiger charge is -2.28. The number of rotatable bonds is 10. The lowest BCUT2D eigenvalue weighted by Crippen LogP contribution is -2.36. The number of anilines is 2. The van der Waals surface area contributed by atoms with Gasteiger partial charge in [0.05, 0.1) is 12.9 Å². The van der Waals surface area contributed by atoms with Crippen LogP contribution in [0.5, 0.6) is 0 Å². The Morgan fingerprint density at radius 1 is 1.00 bits per heavy atom. The highest BCUT2D eigenvalue weighted by Gasteiger charge is 2.17. The molecule has 0 spiro atoms. The fraction of sp³-hybridized carbons (Fsp3) is 0.421. The van der Waals surface area contributed by atoms with Gasteiger partial charge < -0.3 is 14.6 Å². The van der Waals surface area contributed by atoms with Crippen LogP contribution in [0, 0.1) is 0 Å². The Morgan fingerprint density at radius 2 is 1.85 bits per heavy atom. The van der Waals surface area contributed by atoms with Crippen LogP contribution in [0.4, 0.5) is 11.5 Å². The molecule has 0 aliphatic rings. The van der Waals surface area contributed by atoms with E-state index in [9.17, 15) is 0 Å². The molecule has 0 fully saturated rings. The molecule has 0 radical (unpaired) electrons. The number of H-pyrrole nitrogens is 1. The minimum atomic E-state index is 0.739. The zero-order chi connectivity index (χ0) is 18.2. The van der Waals surface area contributed by atoms with Gasteiger partial charge in [-0.05, 0) is 25.1 Å². The molecule has 0 saturated carbocycles. The van der Waals surface area contributed by atoms with Crippen LogP contribution >= 0.6 is 0 Å². The Morgan fingerprint density at radius 3 is 2.62 bits per heavy atom. The highest BCUT2D eigenvalue weighted by molar-refractivity contribution is 5.85. The number of hydrogen-bond acceptors (Lipinski definition) is 6. The van der Waals surface area contributed by atoms with Crippen LogP contribution in [0.3, 0.4) is 0 Å². The number of ether oxygens (including phenoxy) is 1. The SMILES string of the molecule is CCCN(CCOC)CCN(c1ccccc1)c1ncnc2[nH]cnc12. The number of aromatic amines is 1. The molecular weight excluding hydrogens is 328 g/mol. The number of aromatic nitrogens is 4. The van der Waals surface area contributed by atoms with E-state index in [0.29, 0.717) is 0 Å². The molecule has 0 aliphatic heterocycles. The van der Waals surface area contributed by atoms with E-state index in [4.69, 9.17) is 4.74 Å². The Balaban J connectivity index is 1.86. The second-order valence-electron chi connectivity index (χ2n) is 6.12. The van der Waals surface area contributed by atoms with Crippen LogP contribution < -0.4 is 4.90 Å². The van der Waals surface area contributed by atoms with Crippen molar-refractivity contribution in [1.82, 2.24) is 24.8 Å². The van der Waals surface area contributed by atoms with Crippen molar-refractivity contribution in [2.24, 2.45) is 0 Å². The number of nitrogens with one attached hydrogen (secondary N) is 1. The lowest BCUT2D eigenvalue weighted by atomic mass is 10.2. The summed E-state index contributed by atoms with van der Waals surface area (Å²) >= 11 is 0. The molecule has 7 heteroatoms. The van der Waals surface area contributed by atoms with Crippen LogP contribution in [0.2, 0.25) is 0 Å². The van der Waals surface area contributed by atoms with Crippen LogP contribution in [0.25, 0.3) is 11.2 Å². The molecular formula is C19H26N6O. The molecule has 7 nitrogen and oxygen atoms in total. The van der Waals surface area contributed by atoms with E-state index in [1.165, 1.54) is 0 Å². The second kappa shape index (κ2) is 9.26. The Labute approximate surface area is 154 Å². The van der Waals surface area contributed by atoms with E-state index in [1.807, 2.05) is 18.2 Å². The monoisotopic (exact) mass is 354 g/mol. The largest absolute Gasteiger partial charge is 0.383 e. The first-order valence-electron chi connectivity index (χ1n) is 9.01. The average molecular weight is 354 g/mol. The van der Waals surface area contributed by atoms with Crippen molar-refractivity contribution in [3.05, 3.63) is 43.0 Å². The lowest BCUT2D eigenvalue weighted by molar-refractivity contribution is 0.149. The van der Waals surface area contributed by atoms with Gasteiger partial charge in [0.15, 0.2) is 17.0 Å². The average Bonchev–Trinajstić information content (AvgIpc) is 3.16. The van der Waals surface area contributed by atoms with E-state index in [0.717, 1.165) is 61.9 Å². The molecule has 2 heterocycles. The van der Waals surface area contributed by atoms with Crippen LogP contribution in [-0.4, -0.2) is 64.7 Å². The molecule has 138 valence electrons. The normalized spacial score (nSPS) is 11.3. The van der Waals surface area contributed by atoms with Crippen molar-refractivity contribution in [2.75, 3.05) is 44.8 Å². The number of benzene rings is 1. The number of hydrogen-bond donors (Lipinski definition) is 1. The molecule has 3 aromatic rings. The summed E-state index contributed by atoms with van der Waals surface area (Å²) in [5, 5.41) is 0. The Hall–Kier alpha value is -2.51. The minimum absolute atomic E-state index is 0.739. The topological polar surface area (TPSA) is 70.2 Å². The first kappa shape index (κ1) is 18.3. The van der Waals surface area contributed by atoms with Gasteiger partial charge in [0.2, 0.25) is 0 Å². The molecule has 0 amide bonds. The standard InChI is InChI=1S/C19H26N6O/c1-3-9-24(12-13-26-2)10-11-25(16-7-5-4-6-8-16)19-17-18(21-14-20-17)22-15-23-19/h4-8,14-15H,3,9-13H2,1-2H3,(H,20,21,22,23).